The summed E-state index contributed by atoms with van der Waals surface area (Å²) in [6.45, 7) is 12.5. The maximum atomic E-state index is 11.7. The van der Waals surface area contributed by atoms with E-state index in [2.05, 4.69) is 20.1 Å². The van der Waals surface area contributed by atoms with Gasteiger partial charge in [0, 0.05) is 11.1 Å². The highest BCUT2D eigenvalue weighted by Gasteiger charge is 2.14. The van der Waals surface area contributed by atoms with Crippen LogP contribution in [-0.2, 0) is 20.7 Å². The summed E-state index contributed by atoms with van der Waals surface area (Å²) in [6, 6.07) is 7.44. The first kappa shape index (κ1) is 20.7. The van der Waals surface area contributed by atoms with Gasteiger partial charge in [-0.2, -0.15) is 0 Å². The van der Waals surface area contributed by atoms with Crippen LogP contribution in [0.1, 0.15) is 52.0 Å². The molecular weight excluding hydrogens is 316 g/mol. The minimum absolute atomic E-state index is 0.0648. The highest BCUT2D eigenvalue weighted by molar-refractivity contribution is 5.88. The zero-order valence-corrected chi connectivity index (χ0v) is 15.5. The highest BCUT2D eigenvalue weighted by atomic mass is 16.5. The Morgan fingerprint density at radius 3 is 2.12 bits per heavy atom. The van der Waals surface area contributed by atoms with Crippen molar-refractivity contribution in [3.05, 3.63) is 54.1 Å². The van der Waals surface area contributed by atoms with E-state index in [0.29, 0.717) is 16.9 Å². The predicted octanol–water partition coefficient (Wildman–Crippen LogP) is 4.78. The predicted molar refractivity (Wildman–Crippen MR) is 99.4 cm³/mol. The molecule has 1 aromatic rings. The maximum absolute atomic E-state index is 11.7. The molecule has 25 heavy (non-hydrogen) atoms. The van der Waals surface area contributed by atoms with Crippen molar-refractivity contribution in [1.82, 2.24) is 0 Å². The van der Waals surface area contributed by atoms with Crippen LogP contribution in [0, 0.1) is 0 Å². The van der Waals surface area contributed by atoms with Gasteiger partial charge in [-0.3, -0.25) is 0 Å². The van der Waals surface area contributed by atoms with Crippen molar-refractivity contribution in [2.45, 2.75) is 59.0 Å². The van der Waals surface area contributed by atoms with Gasteiger partial charge in [0.05, 0.1) is 0 Å². The summed E-state index contributed by atoms with van der Waals surface area (Å²) < 4.78 is 10.6. The van der Waals surface area contributed by atoms with Crippen molar-refractivity contribution in [1.29, 1.82) is 0 Å². The van der Waals surface area contributed by atoms with Crippen molar-refractivity contribution < 1.29 is 19.1 Å². The van der Waals surface area contributed by atoms with Gasteiger partial charge in [0.25, 0.3) is 0 Å². The largest absolute Gasteiger partial charge is 0.459 e. The molecule has 1 unspecified atom stereocenters. The molecule has 0 amide bonds. The van der Waals surface area contributed by atoms with E-state index in [-0.39, 0.29) is 12.1 Å². The third kappa shape index (κ3) is 7.84. The number of ether oxygens (including phenoxy) is 2. The Balaban J connectivity index is 2.48. The molecule has 0 spiro atoms. The quantitative estimate of drug-likeness (QED) is 0.348. The molecule has 0 heterocycles. The van der Waals surface area contributed by atoms with E-state index in [1.165, 1.54) is 0 Å². The topological polar surface area (TPSA) is 52.6 Å². The van der Waals surface area contributed by atoms with Crippen LogP contribution in [0.4, 0.5) is 0 Å². The first-order chi connectivity index (χ1) is 11.8. The number of carbonyl (C=O) groups is 2. The molecule has 0 fully saturated rings. The summed E-state index contributed by atoms with van der Waals surface area (Å²) in [6.07, 6.45) is 4.37. The first-order valence-corrected chi connectivity index (χ1v) is 8.66. The summed E-state index contributed by atoms with van der Waals surface area (Å²) in [4.78, 5) is 23.1. The van der Waals surface area contributed by atoms with Crippen LogP contribution in [0.25, 0.3) is 0 Å². The van der Waals surface area contributed by atoms with Crippen molar-refractivity contribution >= 4 is 11.9 Å². The Morgan fingerprint density at radius 2 is 1.60 bits per heavy atom. The minimum atomic E-state index is -0.422. The number of benzene rings is 1. The Morgan fingerprint density at radius 1 is 1.00 bits per heavy atom. The van der Waals surface area contributed by atoms with E-state index in [9.17, 15) is 9.59 Å². The van der Waals surface area contributed by atoms with E-state index in [1.54, 1.807) is 26.0 Å². The van der Waals surface area contributed by atoms with Gasteiger partial charge < -0.3 is 9.47 Å². The van der Waals surface area contributed by atoms with Gasteiger partial charge >= 0.3 is 11.9 Å². The van der Waals surface area contributed by atoms with Gasteiger partial charge in [0.1, 0.15) is 11.9 Å². The van der Waals surface area contributed by atoms with Crippen molar-refractivity contribution in [2.75, 3.05) is 0 Å². The molecule has 0 aromatic heterocycles. The minimum Gasteiger partial charge on any atom is -0.459 e. The smallest absolute Gasteiger partial charge is 0.338 e. The van der Waals surface area contributed by atoms with Crippen LogP contribution in [0.5, 0.6) is 5.75 Å². The monoisotopic (exact) mass is 344 g/mol. The van der Waals surface area contributed by atoms with E-state index in [1.807, 2.05) is 12.1 Å². The van der Waals surface area contributed by atoms with E-state index < -0.39 is 5.97 Å². The van der Waals surface area contributed by atoms with Gasteiger partial charge in [-0.15, -0.1) is 0 Å². The number of hydrogen-bond acceptors (Lipinski definition) is 4. The SMILES string of the molecule is C=C(C)C(=O)Oc1ccc(CCCC(CCC)OC(=O)C(=C)C)cc1. The lowest BCUT2D eigenvalue weighted by Crippen LogP contribution is -2.18. The van der Waals surface area contributed by atoms with Gasteiger partial charge in [0.2, 0.25) is 0 Å². The second-order valence-electron chi connectivity index (χ2n) is 6.30. The van der Waals surface area contributed by atoms with E-state index in [4.69, 9.17) is 9.47 Å². The molecule has 0 N–H and O–H groups in total. The third-order valence-corrected chi connectivity index (χ3v) is 3.71. The fraction of sp³-hybridized carbons (Fsp3) is 0.429. The van der Waals surface area contributed by atoms with Crippen LogP contribution in [0.3, 0.4) is 0 Å². The second kappa shape index (κ2) is 10.5. The van der Waals surface area contributed by atoms with Gasteiger partial charge in [-0.25, -0.2) is 9.59 Å². The first-order valence-electron chi connectivity index (χ1n) is 8.66. The Bertz CT molecular complexity index is 613. The van der Waals surface area contributed by atoms with Crippen LogP contribution in [0.15, 0.2) is 48.6 Å². The maximum Gasteiger partial charge on any atom is 0.338 e. The summed E-state index contributed by atoms with van der Waals surface area (Å²) >= 11 is 0. The summed E-state index contributed by atoms with van der Waals surface area (Å²) in [7, 11) is 0. The molecule has 0 saturated carbocycles. The molecule has 0 radical (unpaired) electrons. The standard InChI is InChI=1S/C21H28O4/c1-6-8-18(24-20(22)15(2)3)10-7-9-17-11-13-19(14-12-17)25-21(23)16(4)5/h11-14,18H,2,4,6-10H2,1,3,5H3. The van der Waals surface area contributed by atoms with Crippen molar-refractivity contribution in [3.8, 4) is 5.75 Å². The third-order valence-electron chi connectivity index (χ3n) is 3.71. The summed E-state index contributed by atoms with van der Waals surface area (Å²) in [5, 5.41) is 0. The van der Waals surface area contributed by atoms with Gasteiger partial charge in [0.15, 0.2) is 0 Å². The molecule has 1 rings (SSSR count). The molecular formula is C21H28O4. The van der Waals surface area contributed by atoms with Crippen LogP contribution < -0.4 is 4.74 Å². The molecule has 1 aromatic carbocycles. The average molecular weight is 344 g/mol. The van der Waals surface area contributed by atoms with Crippen molar-refractivity contribution in [2.24, 2.45) is 0 Å². The molecule has 1 atom stereocenters. The normalized spacial score (nSPS) is 11.5. The average Bonchev–Trinajstić information content (AvgIpc) is 2.56. The fourth-order valence-corrected chi connectivity index (χ4v) is 2.29. The van der Waals surface area contributed by atoms with Gasteiger partial charge in [-0.05, 0) is 57.2 Å². The number of aryl methyl sites for hydroxylation is 1. The summed E-state index contributed by atoms with van der Waals surface area (Å²) in [5.41, 5.74) is 1.95. The second-order valence-corrected chi connectivity index (χ2v) is 6.30. The van der Waals surface area contributed by atoms with Crippen molar-refractivity contribution in [3.63, 3.8) is 0 Å². The lowest BCUT2D eigenvalue weighted by atomic mass is 10.0. The number of rotatable bonds is 10. The summed E-state index contributed by atoms with van der Waals surface area (Å²) in [5.74, 6) is -0.229. The van der Waals surface area contributed by atoms with Crippen LogP contribution in [-0.4, -0.2) is 18.0 Å². The van der Waals surface area contributed by atoms with Gasteiger partial charge in [-0.1, -0.05) is 38.6 Å². The molecule has 0 saturated heterocycles. The Kier molecular flexibility index (Phi) is 8.68. The number of esters is 2. The Hall–Kier alpha value is -2.36. The molecule has 4 nitrogen and oxygen atoms in total. The molecule has 0 aliphatic rings. The molecule has 4 heteroatoms. The van der Waals surface area contributed by atoms with E-state index in [0.717, 1.165) is 37.7 Å². The van der Waals surface area contributed by atoms with Crippen LogP contribution >= 0.6 is 0 Å². The zero-order chi connectivity index (χ0) is 18.8. The molecule has 0 aliphatic carbocycles. The van der Waals surface area contributed by atoms with E-state index >= 15 is 0 Å². The molecule has 136 valence electrons. The Labute approximate surface area is 150 Å². The lowest BCUT2D eigenvalue weighted by molar-refractivity contribution is -0.145. The molecule has 0 bridgehead atoms. The number of hydrogen-bond donors (Lipinski definition) is 0. The fourth-order valence-electron chi connectivity index (χ4n) is 2.29. The highest BCUT2D eigenvalue weighted by Crippen LogP contribution is 2.17. The molecule has 0 aliphatic heterocycles. The number of carbonyl (C=O) groups excluding carboxylic acids is 2. The lowest BCUT2D eigenvalue weighted by Gasteiger charge is -2.17. The van der Waals surface area contributed by atoms with Crippen LogP contribution in [0.2, 0.25) is 0 Å². The zero-order valence-electron chi connectivity index (χ0n) is 15.5.